The molecule has 0 saturated heterocycles. The van der Waals surface area contributed by atoms with Crippen LogP contribution in [0.1, 0.15) is 478 Å². The Morgan fingerprint density at radius 1 is 0.243 bits per heavy atom. The van der Waals surface area contributed by atoms with Crippen molar-refractivity contribution in [2.45, 2.75) is 464 Å². The molecule has 0 radical (unpaired) electrons. The van der Waals surface area contributed by atoms with Crippen LogP contribution < -0.4 is 4.57 Å². The van der Waals surface area contributed by atoms with Gasteiger partial charge in [0, 0.05) is 46.5 Å². The summed E-state index contributed by atoms with van der Waals surface area (Å²) < 4.78 is 2.81. The van der Waals surface area contributed by atoms with E-state index in [0.29, 0.717) is 0 Å². The number of nitrogens with one attached hydrogen (secondary N) is 2. The van der Waals surface area contributed by atoms with Crippen molar-refractivity contribution in [1.29, 1.82) is 0 Å². The fraction of sp³-hybridized carbons (Fsp3) is 0.742. The molecular formula is C97H164N5Zn+3. The Bertz CT molecular complexity index is 2620. The zero-order valence-electron chi connectivity index (χ0n) is 68.7. The van der Waals surface area contributed by atoms with Crippen LogP contribution >= 0.6 is 0 Å². The smallest absolute Gasteiger partial charge is 0.355 e. The number of hydrogen-bond donors (Lipinski definition) is 2. The van der Waals surface area contributed by atoms with E-state index in [0.717, 1.165) is 44.8 Å². The molecule has 0 fully saturated rings. The fourth-order valence-corrected chi connectivity index (χ4v) is 16.1. The number of fused-ring (bicyclic) bond motifs is 8. The fourth-order valence-electron chi connectivity index (χ4n) is 16.1. The van der Waals surface area contributed by atoms with Crippen molar-refractivity contribution < 1.29 is 24.0 Å². The van der Waals surface area contributed by atoms with E-state index in [-0.39, 0.29) is 19.5 Å². The van der Waals surface area contributed by atoms with Gasteiger partial charge in [-0.3, -0.25) is 0 Å². The zero-order valence-corrected chi connectivity index (χ0v) is 71.7. The van der Waals surface area contributed by atoms with Crippen molar-refractivity contribution in [3.63, 3.8) is 0 Å². The first-order valence-electron chi connectivity index (χ1n) is 45.7. The number of aryl methyl sites for hydroxylation is 2. The van der Waals surface area contributed by atoms with Crippen LogP contribution in [0, 0.1) is 0 Å². The van der Waals surface area contributed by atoms with Gasteiger partial charge < -0.3 is 9.97 Å². The molecule has 6 rings (SSSR count). The third-order valence-corrected chi connectivity index (χ3v) is 22.7. The quantitative estimate of drug-likeness (QED) is 0.0227. The standard InChI is InChI=1S/C77H150N.C20H14N4.Zn/c1-5-9-13-17-21-25-29-33-37-41-45-49-53-57-61-65-69-75-72-74-78(73-68-64-60-56-52-48-44-40-36-32-28-24-20-16-12-8-4)77(71-67-63-59-55-51-47-43-39-35-31-27-23-19-15-11-7-3)76(75)70-66-62-58-54-50-46-42-38-34-30-26-22-18-14-10-6-2;1-2-14-10-16-5-6-18(23-16)12-20-8-7-19(24-20)11-17-4-3-15(22-17)9-13(1)21-14;/h72,74H,5-71,73H2,1-4H3;1-12,21-22H;/q+1;;+2. The van der Waals surface area contributed by atoms with E-state index in [1.54, 1.807) is 11.3 Å². The Morgan fingerprint density at radius 2 is 0.476 bits per heavy atom. The van der Waals surface area contributed by atoms with Crippen LogP contribution in [0.5, 0.6) is 0 Å². The van der Waals surface area contributed by atoms with Crippen molar-refractivity contribution >= 4 is 46.4 Å². The SMILES string of the molecule is C1=Cc2cc3ccc(cc4ccc(cc5nc(cc1n2)C=C5)[nH]4)[nH]3.CCCCCCCCCCCCCCCCCCc1cc[n+](CCCCCCCCCCCCCCCCCC)c(CCCCCCCCCCCCCCCCCC)c1CCCCCCCCCCCCCCCCCC.[Zn+2]. The molecule has 0 aliphatic carbocycles. The van der Waals surface area contributed by atoms with Gasteiger partial charge in [-0.05, 0) is 117 Å². The number of rotatable bonds is 68. The predicted octanol–water partition coefficient (Wildman–Crippen LogP) is 32.3. The third-order valence-electron chi connectivity index (χ3n) is 22.7. The van der Waals surface area contributed by atoms with Gasteiger partial charge in [-0.15, -0.1) is 0 Å². The maximum Gasteiger partial charge on any atom is 2.00 e. The Morgan fingerprint density at radius 3 is 0.767 bits per heavy atom. The first-order chi connectivity index (χ1) is 50.6. The predicted molar refractivity (Wildman–Crippen MR) is 455 cm³/mol. The Labute approximate surface area is 650 Å². The first-order valence-corrected chi connectivity index (χ1v) is 45.7. The second kappa shape index (κ2) is 66.6. The normalized spacial score (nSPS) is 11.8. The first kappa shape index (κ1) is 91.8. The van der Waals surface area contributed by atoms with Gasteiger partial charge in [-0.2, -0.15) is 0 Å². The van der Waals surface area contributed by atoms with Gasteiger partial charge >= 0.3 is 19.5 Å². The van der Waals surface area contributed by atoms with Crippen LogP contribution in [0.3, 0.4) is 0 Å². The van der Waals surface area contributed by atoms with E-state index in [4.69, 9.17) is 0 Å². The summed E-state index contributed by atoms with van der Waals surface area (Å²) in [4.78, 5) is 16.0. The van der Waals surface area contributed by atoms with Gasteiger partial charge in [0.2, 0.25) is 0 Å². The molecule has 8 bridgehead atoms. The van der Waals surface area contributed by atoms with Crippen molar-refractivity contribution in [2.75, 3.05) is 0 Å². The number of H-pyrrole nitrogens is 2. The van der Waals surface area contributed by atoms with Crippen LogP contribution in [0.4, 0.5) is 0 Å². The topological polar surface area (TPSA) is 61.2 Å². The molecule has 0 aromatic carbocycles. The summed E-state index contributed by atoms with van der Waals surface area (Å²) in [5.74, 6) is 0. The van der Waals surface area contributed by atoms with E-state index in [1.807, 2.05) is 48.1 Å². The molecule has 4 aromatic heterocycles. The molecule has 6 heterocycles. The molecule has 0 atom stereocenters. The molecule has 5 nitrogen and oxygen atoms in total. The minimum atomic E-state index is 0. The summed E-state index contributed by atoms with van der Waals surface area (Å²) in [5.41, 5.74) is 13.2. The summed E-state index contributed by atoms with van der Waals surface area (Å²) in [6.07, 6.45) is 108. The van der Waals surface area contributed by atoms with E-state index >= 15 is 0 Å². The average molecular weight is 1470 g/mol. The molecule has 0 amide bonds. The maximum atomic E-state index is 4.62. The van der Waals surface area contributed by atoms with Gasteiger partial charge in [0.15, 0.2) is 11.9 Å². The second-order valence-corrected chi connectivity index (χ2v) is 32.3. The number of unbranched alkanes of at least 4 members (excludes halogenated alkanes) is 60. The summed E-state index contributed by atoms with van der Waals surface area (Å²) in [6.45, 7) is 10.6. The van der Waals surface area contributed by atoms with Gasteiger partial charge in [0.05, 0.1) is 22.8 Å². The molecule has 2 aliphatic rings. The number of pyridine rings is 1. The van der Waals surface area contributed by atoms with Crippen molar-refractivity contribution in [1.82, 2.24) is 19.9 Å². The van der Waals surface area contributed by atoms with Crippen molar-refractivity contribution in [3.8, 4) is 0 Å². The molecule has 2 aliphatic heterocycles. The second-order valence-electron chi connectivity index (χ2n) is 32.3. The van der Waals surface area contributed by atoms with E-state index < -0.39 is 0 Å². The molecule has 0 saturated carbocycles. The minimum absolute atomic E-state index is 0. The summed E-state index contributed by atoms with van der Waals surface area (Å²) in [7, 11) is 0. The number of hydrogen-bond acceptors (Lipinski definition) is 2. The van der Waals surface area contributed by atoms with E-state index in [9.17, 15) is 0 Å². The monoisotopic (exact) mass is 1460 g/mol. The number of nitrogens with zero attached hydrogens (tertiary/aromatic N) is 3. The molecule has 2 N–H and O–H groups in total. The van der Waals surface area contributed by atoms with Crippen LogP contribution in [0.15, 0.2) is 60.8 Å². The summed E-state index contributed by atoms with van der Waals surface area (Å²) in [6, 6.07) is 19.0. The van der Waals surface area contributed by atoms with Crippen LogP contribution in [0.25, 0.3) is 46.4 Å². The van der Waals surface area contributed by atoms with Gasteiger partial charge in [-0.25, -0.2) is 14.5 Å². The molecule has 4 aromatic rings. The van der Waals surface area contributed by atoms with E-state index in [1.165, 1.54) is 437 Å². The number of aromatic nitrogens is 5. The molecular weight excluding hydrogens is 1300 g/mol. The third kappa shape index (κ3) is 48.4. The van der Waals surface area contributed by atoms with Crippen molar-refractivity contribution in [2.24, 2.45) is 0 Å². The largest absolute Gasteiger partial charge is 2.00 e. The zero-order chi connectivity index (χ0) is 71.7. The molecule has 0 unspecified atom stereocenters. The minimum Gasteiger partial charge on any atom is -0.355 e. The Balaban J connectivity index is 0.000000737. The molecule has 576 valence electrons. The van der Waals surface area contributed by atoms with E-state index in [2.05, 4.69) is 94.8 Å². The van der Waals surface area contributed by atoms with Gasteiger partial charge in [0.1, 0.15) is 6.54 Å². The Hall–Kier alpha value is -3.63. The number of aromatic amines is 2. The Kier molecular flexibility index (Phi) is 59.3. The average Bonchev–Trinajstić information content (AvgIpc) is 1.36. The molecule has 103 heavy (non-hydrogen) atoms. The molecule has 0 spiro atoms. The summed E-state index contributed by atoms with van der Waals surface area (Å²) in [5, 5.41) is 0. The van der Waals surface area contributed by atoms with Gasteiger partial charge in [0.25, 0.3) is 0 Å². The van der Waals surface area contributed by atoms with Crippen LogP contribution in [0.2, 0.25) is 0 Å². The van der Waals surface area contributed by atoms with Crippen molar-refractivity contribution in [3.05, 3.63) is 100 Å². The maximum absolute atomic E-state index is 4.62. The van der Waals surface area contributed by atoms with Crippen LogP contribution in [-0.2, 0) is 45.3 Å². The molecule has 6 heteroatoms. The van der Waals surface area contributed by atoms with Crippen LogP contribution in [-0.4, -0.2) is 19.9 Å². The van der Waals surface area contributed by atoms with Gasteiger partial charge in [-0.1, -0.05) is 407 Å². The summed E-state index contributed by atoms with van der Waals surface area (Å²) >= 11 is 0.